The van der Waals surface area contributed by atoms with Gasteiger partial charge in [0.2, 0.25) is 0 Å². The monoisotopic (exact) mass is 606 g/mol. The van der Waals surface area contributed by atoms with Gasteiger partial charge in [-0.25, -0.2) is 4.79 Å². The summed E-state index contributed by atoms with van der Waals surface area (Å²) in [4.78, 5) is 21.2. The lowest BCUT2D eigenvalue weighted by molar-refractivity contribution is -0.140. The van der Waals surface area contributed by atoms with E-state index in [1.54, 1.807) is 14.0 Å². The molecule has 0 spiro atoms. The highest BCUT2D eigenvalue weighted by atomic mass is 16.5. The molecule has 44 heavy (non-hydrogen) atoms. The maximum atomic E-state index is 11.7. The van der Waals surface area contributed by atoms with E-state index in [4.69, 9.17) is 14.6 Å². The Morgan fingerprint density at radius 2 is 1.52 bits per heavy atom. The summed E-state index contributed by atoms with van der Waals surface area (Å²) in [6.45, 7) is 11.6. The van der Waals surface area contributed by atoms with Gasteiger partial charge in [-0.05, 0) is 72.8 Å². The number of unbranched alkanes of at least 4 members (excludes halogenated alkanes) is 3. The molecule has 0 amide bonds. The smallest absolute Gasteiger partial charge is 0.333 e. The molecule has 1 aliphatic rings. The number of carbonyl (C=O) groups is 2. The van der Waals surface area contributed by atoms with Gasteiger partial charge in [-0.1, -0.05) is 114 Å². The molecule has 0 heterocycles. The van der Waals surface area contributed by atoms with Crippen LogP contribution in [0.2, 0.25) is 0 Å². The molecule has 5 nitrogen and oxygen atoms in total. The lowest BCUT2D eigenvalue weighted by Crippen LogP contribution is -2.19. The quantitative estimate of drug-likeness (QED) is 0.0748. The first kappa shape index (κ1) is 37.4. The van der Waals surface area contributed by atoms with Crippen LogP contribution in [-0.2, 0) is 31.9 Å². The van der Waals surface area contributed by atoms with Crippen molar-refractivity contribution in [2.75, 3.05) is 26.9 Å². The number of fused-ring (bicyclic) bond motifs is 1. The van der Waals surface area contributed by atoms with Crippen LogP contribution in [0.4, 0.5) is 0 Å². The topological polar surface area (TPSA) is 72.8 Å². The highest BCUT2D eigenvalue weighted by molar-refractivity contribution is 5.87. The van der Waals surface area contributed by atoms with Crippen molar-refractivity contribution in [3.05, 3.63) is 71.8 Å². The van der Waals surface area contributed by atoms with Crippen LogP contribution in [0.15, 0.2) is 60.7 Å². The van der Waals surface area contributed by atoms with Gasteiger partial charge in [0.05, 0.1) is 19.8 Å². The Labute approximate surface area is 267 Å². The van der Waals surface area contributed by atoms with E-state index in [1.807, 2.05) is 0 Å². The molecule has 0 saturated heterocycles. The van der Waals surface area contributed by atoms with Crippen molar-refractivity contribution < 1.29 is 24.2 Å². The molecule has 3 rings (SSSR count). The molecule has 0 aliphatic heterocycles. The largest absolute Gasteiger partial charge is 0.462 e. The Kier molecular flexibility index (Phi) is 18.6. The fraction of sp³-hybridized carbons (Fsp3) is 0.590. The highest BCUT2D eigenvalue weighted by Gasteiger charge is 2.21. The first-order chi connectivity index (χ1) is 21.3. The van der Waals surface area contributed by atoms with Crippen molar-refractivity contribution in [3.8, 4) is 0 Å². The maximum Gasteiger partial charge on any atom is 0.333 e. The van der Waals surface area contributed by atoms with Crippen molar-refractivity contribution in [3.63, 3.8) is 0 Å². The van der Waals surface area contributed by atoms with Gasteiger partial charge >= 0.3 is 5.97 Å². The molecule has 5 heteroatoms. The van der Waals surface area contributed by atoms with Crippen LogP contribution < -0.4 is 0 Å². The van der Waals surface area contributed by atoms with Gasteiger partial charge in [-0.3, -0.25) is 4.79 Å². The van der Waals surface area contributed by atoms with Crippen molar-refractivity contribution >= 4 is 23.0 Å². The molecule has 2 aromatic carbocycles. The number of rotatable bonds is 19. The molecule has 2 aromatic rings. The summed E-state index contributed by atoms with van der Waals surface area (Å²) in [5.41, 5.74) is 3.66. The third-order valence-electron chi connectivity index (χ3n) is 8.89. The molecule has 0 bridgehead atoms. The number of carbonyl (C=O) groups excluding carboxylic acids is 2. The number of hydrogen-bond acceptors (Lipinski definition) is 5. The summed E-state index contributed by atoms with van der Waals surface area (Å²) in [6, 6.07) is 14.2. The van der Waals surface area contributed by atoms with Gasteiger partial charge in [-0.2, -0.15) is 0 Å². The van der Waals surface area contributed by atoms with Gasteiger partial charge < -0.3 is 14.6 Å². The van der Waals surface area contributed by atoms with Crippen LogP contribution >= 0.6 is 0 Å². The predicted octanol–water partition coefficient (Wildman–Crippen LogP) is 8.99. The molecule has 1 fully saturated rings. The average Bonchev–Trinajstić information content (AvgIpc) is 3.04. The lowest BCUT2D eigenvalue weighted by atomic mass is 9.77. The van der Waals surface area contributed by atoms with Crippen molar-refractivity contribution in [2.24, 2.45) is 17.8 Å². The molecule has 244 valence electrons. The third kappa shape index (κ3) is 14.8. The predicted molar refractivity (Wildman–Crippen MR) is 183 cm³/mol. The van der Waals surface area contributed by atoms with Crippen LogP contribution in [0.1, 0.15) is 102 Å². The molecule has 1 aliphatic carbocycles. The standard InChI is InChI=1S/C35H52O3.C4H6O2/c1-5-6-7-11-30-19-21-34-24-31(20-22-33(34)23-30)18-17-29-15-13-28(14-16-29)10-8-9-12-32(25-37-4)26-38-35(36)27(2)3;1-4(2-5)3-6/h19-24,28-29,32H,2,5-18,25-26H2,1,3-4H3;2,6H,1,3H2. The summed E-state index contributed by atoms with van der Waals surface area (Å²) in [5.74, 6) is 1.76. The number of hydrogen-bond donors (Lipinski definition) is 1. The minimum Gasteiger partial charge on any atom is -0.462 e. The zero-order valence-corrected chi connectivity index (χ0v) is 27.8. The third-order valence-corrected chi connectivity index (χ3v) is 8.89. The molecule has 1 atom stereocenters. The maximum absolute atomic E-state index is 11.7. The van der Waals surface area contributed by atoms with Crippen molar-refractivity contribution in [2.45, 2.75) is 104 Å². The van der Waals surface area contributed by atoms with Crippen LogP contribution in [0.5, 0.6) is 0 Å². The Morgan fingerprint density at radius 3 is 2.05 bits per heavy atom. The van der Waals surface area contributed by atoms with E-state index in [0.29, 0.717) is 25.1 Å². The molecule has 1 saturated carbocycles. The highest BCUT2D eigenvalue weighted by Crippen LogP contribution is 2.34. The second-order valence-corrected chi connectivity index (χ2v) is 12.8. The van der Waals surface area contributed by atoms with Gasteiger partial charge in [0.25, 0.3) is 0 Å². The second-order valence-electron chi connectivity index (χ2n) is 12.8. The van der Waals surface area contributed by atoms with E-state index in [1.165, 1.54) is 105 Å². The molecule has 0 aromatic heterocycles. The molecule has 0 radical (unpaired) electrons. The number of ether oxygens (including phenoxy) is 2. The van der Waals surface area contributed by atoms with E-state index < -0.39 is 0 Å². The number of aliphatic hydroxyl groups excluding tert-OH is 1. The Morgan fingerprint density at radius 1 is 0.909 bits per heavy atom. The van der Waals surface area contributed by atoms with E-state index in [9.17, 15) is 9.59 Å². The van der Waals surface area contributed by atoms with Gasteiger partial charge in [-0.15, -0.1) is 0 Å². The van der Waals surface area contributed by atoms with Gasteiger partial charge in [0.1, 0.15) is 6.29 Å². The summed E-state index contributed by atoms with van der Waals surface area (Å²) in [6.07, 6.45) is 18.6. The van der Waals surface area contributed by atoms with Crippen LogP contribution in [-0.4, -0.2) is 44.3 Å². The van der Waals surface area contributed by atoms with E-state index in [2.05, 4.69) is 56.5 Å². The number of methoxy groups -OCH3 is 1. The number of benzene rings is 2. The lowest BCUT2D eigenvalue weighted by Gasteiger charge is -2.28. The Hall–Kier alpha value is -2.76. The van der Waals surface area contributed by atoms with Gasteiger partial charge in [0, 0.05) is 24.2 Å². The zero-order valence-electron chi connectivity index (χ0n) is 27.8. The molecule has 1 N–H and O–H groups in total. The normalized spacial score (nSPS) is 16.9. The molecule has 1 unspecified atom stereocenters. The van der Waals surface area contributed by atoms with E-state index >= 15 is 0 Å². The Bertz CT molecular complexity index is 1140. The zero-order chi connectivity index (χ0) is 32.2. The first-order valence-electron chi connectivity index (χ1n) is 16.9. The molecular formula is C39H58O5. The summed E-state index contributed by atoms with van der Waals surface area (Å²) >= 11 is 0. The number of esters is 1. The molecular weight excluding hydrogens is 548 g/mol. The number of aryl methyl sites for hydroxylation is 2. The number of aldehydes is 1. The fourth-order valence-corrected chi connectivity index (χ4v) is 6.08. The number of aliphatic hydroxyl groups is 1. The average molecular weight is 607 g/mol. The van der Waals surface area contributed by atoms with E-state index in [0.717, 1.165) is 18.3 Å². The van der Waals surface area contributed by atoms with Crippen LogP contribution in [0, 0.1) is 17.8 Å². The summed E-state index contributed by atoms with van der Waals surface area (Å²) in [5, 5.41) is 10.8. The van der Waals surface area contributed by atoms with Crippen molar-refractivity contribution in [1.29, 1.82) is 0 Å². The van der Waals surface area contributed by atoms with Crippen LogP contribution in [0.25, 0.3) is 10.8 Å². The van der Waals surface area contributed by atoms with Gasteiger partial charge in [0.15, 0.2) is 0 Å². The summed E-state index contributed by atoms with van der Waals surface area (Å²) in [7, 11) is 1.72. The summed E-state index contributed by atoms with van der Waals surface area (Å²) < 4.78 is 10.7. The van der Waals surface area contributed by atoms with E-state index in [-0.39, 0.29) is 24.1 Å². The van der Waals surface area contributed by atoms with Crippen LogP contribution in [0.3, 0.4) is 0 Å². The van der Waals surface area contributed by atoms with Crippen molar-refractivity contribution in [1.82, 2.24) is 0 Å². The fourth-order valence-electron chi connectivity index (χ4n) is 6.08. The Balaban J connectivity index is 0.00000102. The SMILES string of the molecule is C=C(C)C(=O)OCC(CCCCC1CCC(CCc2ccc3cc(CCCCC)ccc3c2)CC1)COC.C=C(C=O)CO. The minimum atomic E-state index is -0.296. The first-order valence-corrected chi connectivity index (χ1v) is 16.9. The second kappa shape index (κ2) is 21.9. The minimum absolute atomic E-state index is 0.218.